The van der Waals surface area contributed by atoms with Gasteiger partial charge in [0.05, 0.1) is 208 Å². The van der Waals surface area contributed by atoms with Crippen LogP contribution >= 0.6 is 0 Å². The maximum Gasteiger partial charge on any atom is 0.288 e. The number of imidazole rings is 7. The zero-order chi connectivity index (χ0) is 110. The molecule has 149 heavy (non-hydrogen) atoms. The molecule has 7 heterocycles. The highest BCUT2D eigenvalue weighted by Crippen LogP contribution is 1.98. The number of ether oxygens (including phenoxy) is 14. The number of aromatic nitrogens is 14. The summed E-state index contributed by atoms with van der Waals surface area (Å²) in [7, 11) is -2.92. The van der Waals surface area contributed by atoms with Crippen molar-refractivity contribution in [3.8, 4) is 0 Å². The van der Waals surface area contributed by atoms with Gasteiger partial charge in [-0.1, -0.05) is 93.4 Å². The summed E-state index contributed by atoms with van der Waals surface area (Å²) < 4.78 is 99.3. The van der Waals surface area contributed by atoms with Gasteiger partial charge in [0.15, 0.2) is 43.4 Å². The Morgan fingerprint density at radius 2 is 0.289 bits per heavy atom. The highest BCUT2D eigenvalue weighted by molar-refractivity contribution is 6.25. The summed E-state index contributed by atoms with van der Waals surface area (Å²) in [5, 5.41) is 61.0. The molecule has 0 atom stereocenters. The number of unbranched alkanes of at least 4 members (excludes halogenated alkanes) is 7. The zero-order valence-corrected chi connectivity index (χ0v) is 90.5. The Labute approximate surface area is 877 Å². The zero-order valence-electron chi connectivity index (χ0n) is 90.5. The van der Waals surface area contributed by atoms with Crippen molar-refractivity contribution in [2.75, 3.05) is 231 Å². The molecule has 0 aliphatic rings. The number of carboxylic acid groups (broad SMARTS) is 4. The minimum absolute atomic E-state index is 0.388. The molecule has 862 valence electrons. The lowest BCUT2D eigenvalue weighted by Crippen LogP contribution is -2.56. The molecule has 0 saturated carbocycles. The van der Waals surface area contributed by atoms with E-state index < -0.39 is 31.2 Å². The van der Waals surface area contributed by atoms with Gasteiger partial charge in [-0.2, -0.15) is 34.9 Å². The van der Waals surface area contributed by atoms with Gasteiger partial charge in [-0.15, -0.1) is 34.2 Å². The SMILES string of the molecule is CCCCOCCOCCOOn1cc[n+](CC)c1.CCCCOCCOCCOOn1cc[n+](CC)c1.CCCCOCCOCCOOn1cc[n+](CC)c1.CCCCOCCOCCOOn1cc[n+](CC)c1.CCCCOCCOCCOOn1cc[n+](CC)c1.CCCCOCCOCCOOn1cc[n+](CC)c1.CCCCOCCOCCOOn1cc[n+](CC)c1.O=C([O-])C(=O)[O-].O=C([O-])C(=O)[O-].[O-]B([O-])[O-]. The van der Waals surface area contributed by atoms with E-state index in [2.05, 4.69) is 96.9 Å². The van der Waals surface area contributed by atoms with Crippen molar-refractivity contribution >= 4 is 31.2 Å². The number of aliphatic carboxylic acids is 4. The topological polar surface area (TPSA) is 550 Å². The lowest BCUT2D eigenvalue weighted by Gasteiger charge is -2.35. The Kier molecular flexibility index (Phi) is 108. The Balaban J connectivity index is -0.00000163. The highest BCUT2D eigenvalue weighted by Gasteiger charge is 2.12. The van der Waals surface area contributed by atoms with Crippen molar-refractivity contribution in [2.45, 2.75) is 233 Å². The number of nitrogens with zero attached hydrogens (tertiary/aromatic N) is 14. The molecule has 0 bridgehead atoms. The van der Waals surface area contributed by atoms with Crippen LogP contribution in [0.15, 0.2) is 131 Å². The van der Waals surface area contributed by atoms with E-state index in [9.17, 15) is 0 Å². The van der Waals surface area contributed by atoms with E-state index in [1.165, 1.54) is 33.1 Å². The fourth-order valence-corrected chi connectivity index (χ4v) is 9.56. The Bertz CT molecular complexity index is 3300. The van der Waals surface area contributed by atoms with Gasteiger partial charge >= 0.3 is 0 Å². The van der Waals surface area contributed by atoms with Gasteiger partial charge in [-0.05, 0) is 127 Å². The maximum atomic E-state index is 8.93. The van der Waals surface area contributed by atoms with Gasteiger partial charge < -0.3 is 121 Å². The molecule has 0 N–H and O–H groups in total. The number of carboxylic acids is 4. The predicted molar refractivity (Wildman–Crippen MR) is 511 cm³/mol. The van der Waals surface area contributed by atoms with E-state index in [1.54, 1.807) is 43.4 Å². The molecule has 0 radical (unpaired) electrons. The molecule has 0 aliphatic heterocycles. The fraction of sp³-hybridized carbons (Fsp3) is 0.737. The van der Waals surface area contributed by atoms with E-state index in [-0.39, 0.29) is 0 Å². The fourth-order valence-electron chi connectivity index (χ4n) is 9.56. The smallest absolute Gasteiger partial charge is 0.288 e. The van der Waals surface area contributed by atoms with Gasteiger partial charge in [0.1, 0.15) is 89.6 Å². The van der Waals surface area contributed by atoms with Crippen molar-refractivity contribution < 1.29 is 222 Å². The van der Waals surface area contributed by atoms with Gasteiger partial charge in [-0.25, -0.2) is 32.0 Å². The predicted octanol–water partition coefficient (Wildman–Crippen LogP) is -4.05. The second-order valence-electron chi connectivity index (χ2n) is 30.0. The molecule has 0 fully saturated rings. The molecule has 0 spiro atoms. The first-order valence-corrected chi connectivity index (χ1v) is 51.1. The lowest BCUT2D eigenvalue weighted by molar-refractivity contribution is -0.695. The molecule has 0 saturated heterocycles. The van der Waals surface area contributed by atoms with Crippen molar-refractivity contribution in [1.29, 1.82) is 0 Å². The van der Waals surface area contributed by atoms with Crippen LogP contribution in [0, 0.1) is 0 Å². The first-order valence-electron chi connectivity index (χ1n) is 51.1. The standard InChI is InChI=1S/7C13H25N2O4.2C2H2O4.BO3/c7*1-3-5-8-16-9-10-17-11-12-18-19-15-7-6-14(4-2)13-15;2*3-1(4)2(5)6;2-1(3)4/h7*6-7,13H,3-5,8-12H2,1-2H3;2*(H,3,4)(H,5,6);/q7*+1;;;-3/p-4. The third kappa shape index (κ3) is 101. The third-order valence-corrected chi connectivity index (χ3v) is 17.8. The van der Waals surface area contributed by atoms with Crippen LogP contribution in [0.5, 0.6) is 0 Å². The maximum absolute atomic E-state index is 8.93. The number of hydrogen-bond donors (Lipinski definition) is 0. The van der Waals surface area contributed by atoms with Crippen molar-refractivity contribution in [3.63, 3.8) is 0 Å². The summed E-state index contributed by atoms with van der Waals surface area (Å²) in [6.07, 6.45) is 54.3. The lowest BCUT2D eigenvalue weighted by atomic mass is 10.3. The Hall–Kier alpha value is -9.95. The largest absolute Gasteiger partial charge is 0.907 e. The quantitative estimate of drug-likeness (QED) is 0.00874. The Morgan fingerprint density at radius 1 is 0.188 bits per heavy atom. The molecule has 0 unspecified atom stereocenters. The molecular formula is C95H175BN14O39. The van der Waals surface area contributed by atoms with Crippen LogP contribution in [0.25, 0.3) is 0 Å². The minimum atomic E-state index is -2.92. The molecule has 53 nitrogen and oxygen atoms in total. The van der Waals surface area contributed by atoms with Crippen molar-refractivity contribution in [3.05, 3.63) is 131 Å². The number of aryl methyl sites for hydroxylation is 7. The second kappa shape index (κ2) is 112. The summed E-state index contributed by atoms with van der Waals surface area (Å²) in [5.74, 6) is -8.74. The Morgan fingerprint density at radius 3 is 0.376 bits per heavy atom. The van der Waals surface area contributed by atoms with E-state index in [4.69, 9.17) is 190 Å². The van der Waals surface area contributed by atoms with Crippen LogP contribution < -0.4 is 102 Å². The summed E-state index contributed by atoms with van der Waals surface area (Å²) in [4.78, 5) is 106. The summed E-state index contributed by atoms with van der Waals surface area (Å²) >= 11 is 0. The second-order valence-corrected chi connectivity index (χ2v) is 30.0. The molecule has 0 amide bonds. The number of hydrogen-bond acceptors (Lipinski definition) is 39. The van der Waals surface area contributed by atoms with Crippen molar-refractivity contribution in [2.24, 2.45) is 0 Å². The average Bonchev–Trinajstić information content (AvgIpc) is 1.83. The van der Waals surface area contributed by atoms with Crippen LogP contribution in [0.1, 0.15) is 187 Å². The summed E-state index contributed by atoms with van der Waals surface area (Å²) in [5.41, 5.74) is 0. The van der Waals surface area contributed by atoms with E-state index in [1.807, 2.05) is 120 Å². The highest BCUT2D eigenvalue weighted by atomic mass is 17.3. The third-order valence-electron chi connectivity index (χ3n) is 17.8. The molecular weight excluding hydrogens is 1970 g/mol. The molecule has 7 rings (SSSR count). The van der Waals surface area contributed by atoms with Gasteiger partial charge in [0.25, 0.3) is 44.3 Å². The van der Waals surface area contributed by atoms with Gasteiger partial charge in [0, 0.05) is 46.2 Å². The van der Waals surface area contributed by atoms with Crippen molar-refractivity contribution in [1.82, 2.24) is 33.1 Å². The van der Waals surface area contributed by atoms with Crippen LogP contribution in [0.4, 0.5) is 0 Å². The number of carbonyl (C=O) groups excluding carboxylic acids is 4. The monoisotopic (exact) mass is 2150 g/mol. The van der Waals surface area contributed by atoms with Crippen LogP contribution in [-0.2, 0) is 166 Å². The molecule has 7 aromatic rings. The minimum Gasteiger partial charge on any atom is -0.907 e. The summed E-state index contributed by atoms with van der Waals surface area (Å²) in [6, 6.07) is 0. The molecule has 7 aromatic heterocycles. The first kappa shape index (κ1) is 143. The van der Waals surface area contributed by atoms with E-state index in [0.29, 0.717) is 185 Å². The number of rotatable bonds is 84. The van der Waals surface area contributed by atoms with Gasteiger partial charge in [0.2, 0.25) is 0 Å². The first-order chi connectivity index (χ1) is 72.6. The van der Waals surface area contributed by atoms with E-state index in [0.717, 1.165) is 182 Å². The van der Waals surface area contributed by atoms with Crippen LogP contribution in [0.3, 0.4) is 0 Å². The number of carbonyl (C=O) groups is 4. The normalized spacial score (nSPS) is 10.4. The molecule has 0 aromatic carbocycles. The van der Waals surface area contributed by atoms with Gasteiger partial charge in [-0.3, -0.25) is 7.32 Å². The van der Waals surface area contributed by atoms with Crippen LogP contribution in [0.2, 0.25) is 0 Å². The molecule has 54 heteroatoms. The average molecular weight is 2150 g/mol. The van der Waals surface area contributed by atoms with Crippen LogP contribution in [-0.4, -0.2) is 296 Å². The summed E-state index contributed by atoms with van der Waals surface area (Å²) in [6.45, 7) is 56.1. The molecule has 0 aliphatic carbocycles. The van der Waals surface area contributed by atoms with E-state index >= 15 is 0 Å².